The fourth-order valence-corrected chi connectivity index (χ4v) is 3.45. The van der Waals surface area contributed by atoms with Crippen molar-refractivity contribution < 1.29 is 22.7 Å². The summed E-state index contributed by atoms with van der Waals surface area (Å²) in [5, 5.41) is 1.70. The number of aromatic nitrogens is 2. The van der Waals surface area contributed by atoms with Crippen molar-refractivity contribution in [2.75, 3.05) is 46.1 Å². The average Bonchev–Trinajstić information content (AvgIpc) is 2.73. The number of ether oxygens (including phenoxy) is 1. The van der Waals surface area contributed by atoms with Gasteiger partial charge in [0.15, 0.2) is 5.16 Å². The summed E-state index contributed by atoms with van der Waals surface area (Å²) >= 11 is 0.868. The van der Waals surface area contributed by atoms with Crippen LogP contribution in [0.5, 0.6) is 5.75 Å². The van der Waals surface area contributed by atoms with Gasteiger partial charge in [-0.15, -0.1) is 0 Å². The smallest absolute Gasteiger partial charge is 0.433 e. The van der Waals surface area contributed by atoms with Crippen molar-refractivity contribution in [3.8, 4) is 17.0 Å². The van der Waals surface area contributed by atoms with Gasteiger partial charge in [0.05, 0.1) is 18.6 Å². The number of methoxy groups -OCH3 is 1. The van der Waals surface area contributed by atoms with Crippen molar-refractivity contribution in [3.05, 3.63) is 36.0 Å². The zero-order chi connectivity index (χ0) is 21.7. The first-order valence-corrected chi connectivity index (χ1v) is 10.2. The molecule has 30 heavy (non-hydrogen) atoms. The van der Waals surface area contributed by atoms with E-state index in [9.17, 15) is 18.0 Å². The number of hydrazine groups is 1. The normalized spacial score (nSPS) is 15.8. The number of halogens is 3. The van der Waals surface area contributed by atoms with E-state index in [1.165, 1.54) is 7.11 Å². The van der Waals surface area contributed by atoms with Gasteiger partial charge in [-0.2, -0.15) is 13.2 Å². The molecule has 0 spiro atoms. The van der Waals surface area contributed by atoms with Gasteiger partial charge in [-0.05, 0) is 37.4 Å². The van der Waals surface area contributed by atoms with Crippen molar-refractivity contribution in [1.29, 1.82) is 0 Å². The molecular formula is C19H22F3N5O2S. The number of carbonyl (C=O) groups excluding carboxylic acids is 1. The van der Waals surface area contributed by atoms with Gasteiger partial charge in [0.2, 0.25) is 5.91 Å². The molecule has 7 nitrogen and oxygen atoms in total. The predicted molar refractivity (Wildman–Crippen MR) is 107 cm³/mol. The molecule has 1 aromatic carbocycles. The fourth-order valence-electron chi connectivity index (χ4n) is 2.80. The molecule has 0 aliphatic carbocycles. The van der Waals surface area contributed by atoms with Gasteiger partial charge in [-0.25, -0.2) is 15.0 Å². The number of nitrogens with one attached hydrogen (secondary N) is 1. The number of piperazine rings is 1. The Bertz CT molecular complexity index is 871. The molecule has 0 atom stereocenters. The lowest BCUT2D eigenvalue weighted by molar-refractivity contribution is -0.141. The van der Waals surface area contributed by atoms with Crippen LogP contribution in [0.15, 0.2) is 35.5 Å². The van der Waals surface area contributed by atoms with Crippen molar-refractivity contribution in [1.82, 2.24) is 25.3 Å². The van der Waals surface area contributed by atoms with E-state index < -0.39 is 11.9 Å². The lowest BCUT2D eigenvalue weighted by Gasteiger charge is -2.32. The largest absolute Gasteiger partial charge is 0.497 e. The first-order valence-electron chi connectivity index (χ1n) is 9.21. The van der Waals surface area contributed by atoms with E-state index in [-0.39, 0.29) is 22.5 Å². The maximum Gasteiger partial charge on any atom is 0.433 e. The van der Waals surface area contributed by atoms with E-state index in [2.05, 4.69) is 20.3 Å². The van der Waals surface area contributed by atoms with Crippen LogP contribution in [0.2, 0.25) is 0 Å². The number of likely N-dealkylation sites (N-methyl/N-ethyl adjacent to an activating group) is 1. The number of nitrogens with zero attached hydrogens (tertiary/aromatic N) is 4. The minimum absolute atomic E-state index is 0.0876. The van der Waals surface area contributed by atoms with Crippen LogP contribution in [0.3, 0.4) is 0 Å². The summed E-state index contributed by atoms with van der Waals surface area (Å²) in [5.41, 5.74) is 2.34. The van der Waals surface area contributed by atoms with Crippen LogP contribution < -0.4 is 10.2 Å². The van der Waals surface area contributed by atoms with Gasteiger partial charge >= 0.3 is 6.18 Å². The quantitative estimate of drug-likeness (QED) is 0.546. The maximum atomic E-state index is 13.3. The fraction of sp³-hybridized carbons (Fsp3) is 0.421. The minimum Gasteiger partial charge on any atom is -0.497 e. The number of carbonyl (C=O) groups is 1. The SMILES string of the molecule is COc1ccc(-c2cc(C(F)(F)F)nc(SCC(=O)NN3CCN(C)CC3)n2)cc1. The zero-order valence-electron chi connectivity index (χ0n) is 16.6. The molecule has 0 saturated carbocycles. The van der Waals surface area contributed by atoms with E-state index in [1.54, 1.807) is 29.3 Å². The summed E-state index contributed by atoms with van der Waals surface area (Å²) in [5.74, 6) is 0.186. The number of rotatable bonds is 6. The highest BCUT2D eigenvalue weighted by atomic mass is 32.2. The summed E-state index contributed by atoms with van der Waals surface area (Å²) in [6.07, 6.45) is -4.62. The number of hydrogen-bond donors (Lipinski definition) is 1. The van der Waals surface area contributed by atoms with Crippen LogP contribution >= 0.6 is 11.8 Å². The third kappa shape index (κ3) is 6.07. The molecule has 2 heterocycles. The molecular weight excluding hydrogens is 419 g/mol. The Labute approximate surface area is 176 Å². The average molecular weight is 441 g/mol. The van der Waals surface area contributed by atoms with E-state index in [0.29, 0.717) is 24.4 Å². The lowest BCUT2D eigenvalue weighted by atomic mass is 10.1. The Kier molecular flexibility index (Phi) is 7.16. The highest BCUT2D eigenvalue weighted by Gasteiger charge is 2.34. The first kappa shape index (κ1) is 22.3. The predicted octanol–water partition coefficient (Wildman–Crippen LogP) is 2.54. The summed E-state index contributed by atoms with van der Waals surface area (Å²) in [7, 11) is 3.50. The number of hydrogen-bond acceptors (Lipinski definition) is 7. The Balaban J connectivity index is 1.72. The Morgan fingerprint density at radius 1 is 1.17 bits per heavy atom. The zero-order valence-corrected chi connectivity index (χ0v) is 17.4. The molecule has 1 N–H and O–H groups in total. The van der Waals surface area contributed by atoms with Crippen LogP contribution in [0.25, 0.3) is 11.3 Å². The number of thioether (sulfide) groups is 1. The van der Waals surface area contributed by atoms with Crippen LogP contribution in [0.1, 0.15) is 5.69 Å². The third-order valence-electron chi connectivity index (χ3n) is 4.50. The molecule has 1 amide bonds. The molecule has 1 aromatic heterocycles. The number of amides is 1. The molecule has 162 valence electrons. The van der Waals surface area contributed by atoms with Crippen LogP contribution in [0, 0.1) is 0 Å². The highest BCUT2D eigenvalue weighted by molar-refractivity contribution is 7.99. The van der Waals surface area contributed by atoms with E-state index >= 15 is 0 Å². The molecule has 1 aliphatic heterocycles. The summed E-state index contributed by atoms with van der Waals surface area (Å²) < 4.78 is 45.0. The lowest BCUT2D eigenvalue weighted by Crippen LogP contribution is -2.52. The molecule has 3 rings (SSSR count). The molecule has 1 fully saturated rings. The van der Waals surface area contributed by atoms with Gasteiger partial charge in [0, 0.05) is 31.7 Å². The molecule has 11 heteroatoms. The van der Waals surface area contributed by atoms with Crippen LogP contribution in [0.4, 0.5) is 13.2 Å². The van der Waals surface area contributed by atoms with E-state index in [4.69, 9.17) is 4.74 Å². The molecule has 0 radical (unpaired) electrons. The van der Waals surface area contributed by atoms with Crippen molar-refractivity contribution in [3.63, 3.8) is 0 Å². The highest BCUT2D eigenvalue weighted by Crippen LogP contribution is 2.32. The number of benzene rings is 1. The van der Waals surface area contributed by atoms with Crippen molar-refractivity contribution in [2.45, 2.75) is 11.3 Å². The minimum atomic E-state index is -4.62. The van der Waals surface area contributed by atoms with Gasteiger partial charge in [-0.1, -0.05) is 11.8 Å². The molecule has 1 saturated heterocycles. The maximum absolute atomic E-state index is 13.3. The standard InChI is InChI=1S/C19H22F3N5O2S/c1-26-7-9-27(10-8-26)25-17(28)12-30-18-23-15(11-16(24-18)19(20,21)22)13-3-5-14(29-2)6-4-13/h3-6,11H,7-10,12H2,1-2H3,(H,25,28). The van der Waals surface area contributed by atoms with Gasteiger partial charge in [0.1, 0.15) is 11.4 Å². The molecule has 0 unspecified atom stereocenters. The molecule has 0 bridgehead atoms. The second-order valence-electron chi connectivity index (χ2n) is 6.76. The molecule has 1 aliphatic rings. The third-order valence-corrected chi connectivity index (χ3v) is 5.35. The van der Waals surface area contributed by atoms with Crippen molar-refractivity contribution in [2.24, 2.45) is 0 Å². The summed E-state index contributed by atoms with van der Waals surface area (Å²) in [6.45, 7) is 3.04. The Hall–Kier alpha value is -2.37. The van der Waals surface area contributed by atoms with Gasteiger partial charge < -0.3 is 9.64 Å². The van der Waals surface area contributed by atoms with Crippen molar-refractivity contribution >= 4 is 17.7 Å². The van der Waals surface area contributed by atoms with E-state index in [1.807, 2.05) is 7.05 Å². The van der Waals surface area contributed by atoms with Crippen LogP contribution in [-0.2, 0) is 11.0 Å². The van der Waals surface area contributed by atoms with Gasteiger partial charge in [-0.3, -0.25) is 10.2 Å². The molecule has 2 aromatic rings. The van der Waals surface area contributed by atoms with E-state index in [0.717, 1.165) is 30.9 Å². The van der Waals surface area contributed by atoms with Crippen LogP contribution in [-0.4, -0.2) is 71.9 Å². The monoisotopic (exact) mass is 441 g/mol. The van der Waals surface area contributed by atoms with Gasteiger partial charge in [0.25, 0.3) is 0 Å². The summed E-state index contributed by atoms with van der Waals surface area (Å²) in [6, 6.07) is 7.42. The second kappa shape index (κ2) is 9.63. The summed E-state index contributed by atoms with van der Waals surface area (Å²) in [4.78, 5) is 22.1. The Morgan fingerprint density at radius 2 is 1.83 bits per heavy atom. The topological polar surface area (TPSA) is 70.6 Å². The second-order valence-corrected chi connectivity index (χ2v) is 7.70. The first-order chi connectivity index (χ1) is 14.2. The number of alkyl halides is 3. The Morgan fingerprint density at radius 3 is 2.43 bits per heavy atom.